The van der Waals surface area contributed by atoms with Gasteiger partial charge in [-0.1, -0.05) is 11.6 Å². The van der Waals surface area contributed by atoms with Crippen molar-refractivity contribution in [3.8, 4) is 0 Å². The second kappa shape index (κ2) is 6.34. The first-order valence-corrected chi connectivity index (χ1v) is 7.12. The monoisotopic (exact) mass is 311 g/mol. The van der Waals surface area contributed by atoms with Gasteiger partial charge < -0.3 is 10.1 Å². The summed E-state index contributed by atoms with van der Waals surface area (Å²) in [5, 5.41) is 2.94. The average Bonchev–Trinajstić information content (AvgIpc) is 2.85. The summed E-state index contributed by atoms with van der Waals surface area (Å²) in [6.07, 6.45) is 3.48. The lowest BCUT2D eigenvalue weighted by atomic mass is 10.1. The maximum Gasteiger partial charge on any atom is 0.252 e. The molecule has 18 heavy (non-hydrogen) atoms. The Morgan fingerprint density at radius 3 is 3.11 bits per heavy atom. The molecular formula is C14H18BrNO2. The number of carbonyl (C=O) groups is 1. The topological polar surface area (TPSA) is 38.3 Å². The Hall–Kier alpha value is -0.870. The quantitative estimate of drug-likeness (QED) is 0.928. The number of ether oxygens (including phenoxy) is 1. The zero-order chi connectivity index (χ0) is 13.0. The molecule has 1 aliphatic heterocycles. The first-order valence-electron chi connectivity index (χ1n) is 6.33. The Labute approximate surface area is 116 Å². The van der Waals surface area contributed by atoms with Crippen molar-refractivity contribution in [3.63, 3.8) is 0 Å². The Bertz CT molecular complexity index is 428. The van der Waals surface area contributed by atoms with Crippen LogP contribution in [0.3, 0.4) is 0 Å². The summed E-state index contributed by atoms with van der Waals surface area (Å²) in [6, 6.07) is 5.78. The largest absolute Gasteiger partial charge is 0.378 e. The molecule has 0 radical (unpaired) electrons. The molecule has 0 saturated carbocycles. The highest BCUT2D eigenvalue weighted by atomic mass is 79.9. The Morgan fingerprint density at radius 2 is 2.39 bits per heavy atom. The molecule has 98 valence electrons. The van der Waals surface area contributed by atoms with Crippen molar-refractivity contribution in [1.82, 2.24) is 5.32 Å². The molecule has 1 aromatic carbocycles. The number of aryl methyl sites for hydroxylation is 1. The SMILES string of the molecule is Cc1ccc(Br)c(C(=O)NCCC2CCCO2)c1. The van der Waals surface area contributed by atoms with Crippen LogP contribution < -0.4 is 5.32 Å². The highest BCUT2D eigenvalue weighted by molar-refractivity contribution is 9.10. The van der Waals surface area contributed by atoms with Crippen LogP contribution in [0.5, 0.6) is 0 Å². The standard InChI is InChI=1S/C14H18BrNO2/c1-10-4-5-13(15)12(9-10)14(17)16-7-6-11-3-2-8-18-11/h4-5,9,11H,2-3,6-8H2,1H3,(H,16,17). The van der Waals surface area contributed by atoms with Gasteiger partial charge in [0.25, 0.3) is 5.91 Å². The van der Waals surface area contributed by atoms with E-state index in [0.29, 0.717) is 18.2 Å². The fourth-order valence-corrected chi connectivity index (χ4v) is 2.55. The molecule has 4 heteroatoms. The minimum atomic E-state index is -0.0245. The Kier molecular flexibility index (Phi) is 4.78. The first-order chi connectivity index (χ1) is 8.66. The molecule has 1 saturated heterocycles. The summed E-state index contributed by atoms with van der Waals surface area (Å²) in [4.78, 5) is 12.0. The van der Waals surface area contributed by atoms with Crippen LogP contribution >= 0.6 is 15.9 Å². The van der Waals surface area contributed by atoms with Gasteiger partial charge in [-0.3, -0.25) is 4.79 Å². The summed E-state index contributed by atoms with van der Waals surface area (Å²) in [5.41, 5.74) is 1.78. The third-order valence-electron chi connectivity index (χ3n) is 3.14. The van der Waals surface area contributed by atoms with Gasteiger partial charge in [0.2, 0.25) is 0 Å². The molecule has 1 N–H and O–H groups in total. The van der Waals surface area contributed by atoms with E-state index in [0.717, 1.165) is 35.9 Å². The maximum atomic E-state index is 12.0. The molecule has 1 fully saturated rings. The summed E-state index contributed by atoms with van der Waals surface area (Å²) < 4.78 is 6.36. The predicted octanol–water partition coefficient (Wildman–Crippen LogP) is 3.06. The van der Waals surface area contributed by atoms with Gasteiger partial charge in [-0.25, -0.2) is 0 Å². The Morgan fingerprint density at radius 1 is 1.56 bits per heavy atom. The second-order valence-corrected chi connectivity index (χ2v) is 5.52. The number of benzene rings is 1. The van der Waals surface area contributed by atoms with Crippen LogP contribution in [0.15, 0.2) is 22.7 Å². The fraction of sp³-hybridized carbons (Fsp3) is 0.500. The van der Waals surface area contributed by atoms with Gasteiger partial charge in [-0.2, -0.15) is 0 Å². The minimum Gasteiger partial charge on any atom is -0.378 e. The third kappa shape index (κ3) is 3.56. The van der Waals surface area contributed by atoms with E-state index in [4.69, 9.17) is 4.74 Å². The summed E-state index contributed by atoms with van der Waals surface area (Å²) in [5.74, 6) is -0.0245. The van der Waals surface area contributed by atoms with E-state index in [1.807, 2.05) is 25.1 Å². The van der Waals surface area contributed by atoms with Gasteiger partial charge in [-0.05, 0) is 54.2 Å². The number of carbonyl (C=O) groups excluding carboxylic acids is 1. The van der Waals surface area contributed by atoms with Gasteiger partial charge in [0.15, 0.2) is 0 Å². The lowest BCUT2D eigenvalue weighted by Crippen LogP contribution is -2.27. The zero-order valence-corrected chi connectivity index (χ0v) is 12.1. The van der Waals surface area contributed by atoms with Crippen LogP contribution in [-0.4, -0.2) is 25.2 Å². The number of amides is 1. The summed E-state index contributed by atoms with van der Waals surface area (Å²) in [7, 11) is 0. The van der Waals surface area contributed by atoms with Gasteiger partial charge in [0, 0.05) is 17.6 Å². The van der Waals surface area contributed by atoms with Crippen LogP contribution in [-0.2, 0) is 4.74 Å². The molecule has 1 unspecified atom stereocenters. The van der Waals surface area contributed by atoms with E-state index >= 15 is 0 Å². The van der Waals surface area contributed by atoms with Crippen LogP contribution in [0, 0.1) is 6.92 Å². The fourth-order valence-electron chi connectivity index (χ4n) is 2.13. The molecule has 0 aliphatic carbocycles. The van der Waals surface area contributed by atoms with E-state index in [1.54, 1.807) is 0 Å². The van der Waals surface area contributed by atoms with E-state index in [1.165, 1.54) is 0 Å². The first kappa shape index (κ1) is 13.6. The van der Waals surface area contributed by atoms with Crippen molar-refractivity contribution < 1.29 is 9.53 Å². The predicted molar refractivity (Wildman–Crippen MR) is 74.8 cm³/mol. The molecule has 1 aliphatic rings. The molecule has 0 aromatic heterocycles. The number of nitrogens with one attached hydrogen (secondary N) is 1. The normalized spacial score (nSPS) is 18.9. The average molecular weight is 312 g/mol. The van der Waals surface area contributed by atoms with Crippen molar-refractivity contribution in [3.05, 3.63) is 33.8 Å². The molecule has 0 bridgehead atoms. The van der Waals surface area contributed by atoms with E-state index in [2.05, 4.69) is 21.2 Å². The summed E-state index contributed by atoms with van der Waals surface area (Å²) >= 11 is 3.40. The van der Waals surface area contributed by atoms with Crippen molar-refractivity contribution >= 4 is 21.8 Å². The molecule has 1 heterocycles. The molecule has 1 atom stereocenters. The van der Waals surface area contributed by atoms with Gasteiger partial charge in [0.05, 0.1) is 11.7 Å². The smallest absolute Gasteiger partial charge is 0.252 e. The van der Waals surface area contributed by atoms with E-state index < -0.39 is 0 Å². The molecule has 3 nitrogen and oxygen atoms in total. The molecule has 2 rings (SSSR count). The minimum absolute atomic E-state index is 0.0245. The second-order valence-electron chi connectivity index (χ2n) is 4.66. The van der Waals surface area contributed by atoms with Crippen molar-refractivity contribution in [2.45, 2.75) is 32.3 Å². The Balaban J connectivity index is 1.85. The highest BCUT2D eigenvalue weighted by Gasteiger charge is 2.16. The lowest BCUT2D eigenvalue weighted by Gasteiger charge is -2.11. The van der Waals surface area contributed by atoms with Crippen LogP contribution in [0.4, 0.5) is 0 Å². The van der Waals surface area contributed by atoms with E-state index in [-0.39, 0.29) is 5.91 Å². The zero-order valence-electron chi connectivity index (χ0n) is 10.5. The van der Waals surface area contributed by atoms with Gasteiger partial charge in [0.1, 0.15) is 0 Å². The third-order valence-corrected chi connectivity index (χ3v) is 3.83. The van der Waals surface area contributed by atoms with Crippen molar-refractivity contribution in [1.29, 1.82) is 0 Å². The van der Waals surface area contributed by atoms with Crippen LogP contribution in [0.25, 0.3) is 0 Å². The molecule has 1 aromatic rings. The number of rotatable bonds is 4. The van der Waals surface area contributed by atoms with Gasteiger partial charge in [-0.15, -0.1) is 0 Å². The molecular weight excluding hydrogens is 294 g/mol. The number of hydrogen-bond acceptors (Lipinski definition) is 2. The van der Waals surface area contributed by atoms with Gasteiger partial charge >= 0.3 is 0 Å². The van der Waals surface area contributed by atoms with Crippen LogP contribution in [0.1, 0.15) is 35.2 Å². The molecule has 1 amide bonds. The molecule has 0 spiro atoms. The van der Waals surface area contributed by atoms with Crippen molar-refractivity contribution in [2.24, 2.45) is 0 Å². The highest BCUT2D eigenvalue weighted by Crippen LogP contribution is 2.18. The lowest BCUT2D eigenvalue weighted by molar-refractivity contribution is 0.0906. The number of halogens is 1. The van der Waals surface area contributed by atoms with E-state index in [9.17, 15) is 4.79 Å². The van der Waals surface area contributed by atoms with Crippen molar-refractivity contribution in [2.75, 3.05) is 13.2 Å². The number of hydrogen-bond donors (Lipinski definition) is 1. The maximum absolute atomic E-state index is 12.0. The summed E-state index contributed by atoms with van der Waals surface area (Å²) in [6.45, 7) is 3.52. The van der Waals surface area contributed by atoms with Crippen LogP contribution in [0.2, 0.25) is 0 Å².